The molecule has 0 amide bonds. The van der Waals surface area contributed by atoms with Gasteiger partial charge in [-0.1, -0.05) is 43.3 Å². The van der Waals surface area contributed by atoms with Gasteiger partial charge in [0.2, 0.25) is 5.82 Å². The van der Waals surface area contributed by atoms with Gasteiger partial charge in [0.1, 0.15) is 11.4 Å². The molecular formula is C22H16F5NO. The van der Waals surface area contributed by atoms with Gasteiger partial charge in [0.15, 0.2) is 23.3 Å². The van der Waals surface area contributed by atoms with Gasteiger partial charge in [-0.25, -0.2) is 26.9 Å². The summed E-state index contributed by atoms with van der Waals surface area (Å²) in [6.07, 6.45) is 0.463. The van der Waals surface area contributed by atoms with Crippen LogP contribution in [0, 0.1) is 36.0 Å². The van der Waals surface area contributed by atoms with Crippen LogP contribution < -0.4 is 0 Å². The molecule has 0 unspecified atom stereocenters. The van der Waals surface area contributed by atoms with Gasteiger partial charge in [0.05, 0.1) is 5.71 Å². The molecule has 0 radical (unpaired) electrons. The third-order valence-electron chi connectivity index (χ3n) is 4.43. The Labute approximate surface area is 164 Å². The molecule has 150 valence electrons. The first-order valence-electron chi connectivity index (χ1n) is 8.74. The lowest BCUT2D eigenvalue weighted by atomic mass is 9.95. The Hall–Kier alpha value is -3.22. The van der Waals surface area contributed by atoms with Crippen molar-refractivity contribution in [2.45, 2.75) is 20.3 Å². The first-order chi connectivity index (χ1) is 13.8. The van der Waals surface area contributed by atoms with E-state index in [4.69, 9.17) is 0 Å². The molecule has 1 N–H and O–H groups in total. The highest BCUT2D eigenvalue weighted by Crippen LogP contribution is 2.33. The molecule has 0 aliphatic heterocycles. The highest BCUT2D eigenvalue weighted by Gasteiger charge is 2.27. The molecule has 0 saturated carbocycles. The molecule has 3 rings (SSSR count). The number of hydrogen-bond donors (Lipinski definition) is 1. The summed E-state index contributed by atoms with van der Waals surface area (Å²) in [6.45, 7) is 3.56. The Morgan fingerprint density at radius 3 is 1.97 bits per heavy atom. The van der Waals surface area contributed by atoms with Gasteiger partial charge in [0, 0.05) is 11.1 Å². The molecule has 7 heteroatoms. The number of nitrogens with zero attached hydrogens (tertiary/aromatic N) is 1. The van der Waals surface area contributed by atoms with Gasteiger partial charge < -0.3 is 5.11 Å². The Kier molecular flexibility index (Phi) is 5.68. The molecule has 0 saturated heterocycles. The zero-order chi connectivity index (χ0) is 21.3. The van der Waals surface area contributed by atoms with Gasteiger partial charge in [-0.3, -0.25) is 0 Å². The van der Waals surface area contributed by atoms with Crippen LogP contribution in [0.4, 0.5) is 27.6 Å². The van der Waals surface area contributed by atoms with Crippen LogP contribution in [0.3, 0.4) is 0 Å². The Bertz CT molecular complexity index is 1080. The number of phenols is 1. The van der Waals surface area contributed by atoms with Crippen LogP contribution in [0.25, 0.3) is 0 Å². The second kappa shape index (κ2) is 8.03. The monoisotopic (exact) mass is 405 g/mol. The summed E-state index contributed by atoms with van der Waals surface area (Å²) in [6, 6.07) is 11.3. The fourth-order valence-corrected chi connectivity index (χ4v) is 2.98. The van der Waals surface area contributed by atoms with Gasteiger partial charge in [0.25, 0.3) is 0 Å². The second-order valence-corrected chi connectivity index (χ2v) is 6.42. The van der Waals surface area contributed by atoms with E-state index >= 15 is 0 Å². The fraction of sp³-hybridized carbons (Fsp3) is 0.136. The molecule has 0 aliphatic rings. The van der Waals surface area contributed by atoms with Crippen LogP contribution in [0.2, 0.25) is 0 Å². The number of aliphatic imine (C=N–C) groups is 1. The van der Waals surface area contributed by atoms with Crippen molar-refractivity contribution >= 4 is 11.4 Å². The number of aromatic hydroxyl groups is 1. The van der Waals surface area contributed by atoms with Crippen LogP contribution in [0.1, 0.15) is 29.2 Å². The van der Waals surface area contributed by atoms with Gasteiger partial charge in [-0.05, 0) is 30.5 Å². The maximum atomic E-state index is 14.2. The highest BCUT2D eigenvalue weighted by molar-refractivity contribution is 6.15. The Morgan fingerprint density at radius 2 is 1.41 bits per heavy atom. The zero-order valence-corrected chi connectivity index (χ0v) is 15.5. The van der Waals surface area contributed by atoms with Crippen molar-refractivity contribution in [1.82, 2.24) is 0 Å². The largest absolute Gasteiger partial charge is 0.507 e. The minimum absolute atomic E-state index is 0.121. The number of halogens is 5. The van der Waals surface area contributed by atoms with Crippen molar-refractivity contribution < 1.29 is 27.1 Å². The van der Waals surface area contributed by atoms with Crippen molar-refractivity contribution in [2.24, 2.45) is 4.99 Å². The standard InChI is InChI=1S/C22H16F5NO/c1-3-12-9-11(2)10-14(22(12)29)20(13-7-5-4-6-8-13)28-21-18(26)16(24)15(23)17(25)19(21)27/h4-10,29H,3H2,1-2H3/b28-20-. The number of rotatable bonds is 4. The Morgan fingerprint density at radius 1 is 0.862 bits per heavy atom. The Balaban J connectivity index is 2.38. The molecule has 29 heavy (non-hydrogen) atoms. The fourth-order valence-electron chi connectivity index (χ4n) is 2.98. The minimum atomic E-state index is -2.26. The van der Waals surface area contributed by atoms with Crippen LogP contribution in [-0.2, 0) is 6.42 Å². The van der Waals surface area contributed by atoms with Crippen LogP contribution in [-0.4, -0.2) is 10.8 Å². The van der Waals surface area contributed by atoms with E-state index in [0.29, 0.717) is 17.5 Å². The lowest BCUT2D eigenvalue weighted by Crippen LogP contribution is -2.08. The first kappa shape index (κ1) is 20.5. The summed E-state index contributed by atoms with van der Waals surface area (Å²) in [7, 11) is 0. The predicted molar refractivity (Wildman–Crippen MR) is 100 cm³/mol. The zero-order valence-electron chi connectivity index (χ0n) is 15.5. The average molecular weight is 405 g/mol. The van der Waals surface area contributed by atoms with E-state index in [9.17, 15) is 27.1 Å². The van der Waals surface area contributed by atoms with Gasteiger partial charge in [-0.2, -0.15) is 0 Å². The van der Waals surface area contributed by atoms with Crippen molar-refractivity contribution in [3.63, 3.8) is 0 Å². The van der Waals surface area contributed by atoms with E-state index in [2.05, 4.69) is 4.99 Å². The smallest absolute Gasteiger partial charge is 0.200 e. The molecule has 0 heterocycles. The van der Waals surface area contributed by atoms with Crippen molar-refractivity contribution in [2.75, 3.05) is 0 Å². The molecule has 0 spiro atoms. The summed E-state index contributed by atoms with van der Waals surface area (Å²) in [5.74, 6) is -10.7. The summed E-state index contributed by atoms with van der Waals surface area (Å²) in [4.78, 5) is 3.80. The SMILES string of the molecule is CCc1cc(C)cc(/C(=N\c2c(F)c(F)c(F)c(F)c2F)c2ccccc2)c1O. The molecule has 0 atom stereocenters. The maximum Gasteiger partial charge on any atom is 0.200 e. The molecular weight excluding hydrogens is 389 g/mol. The summed E-state index contributed by atoms with van der Waals surface area (Å²) in [5.41, 5.74) is 0.303. The van der Waals surface area contributed by atoms with Crippen LogP contribution >= 0.6 is 0 Å². The molecule has 3 aromatic rings. The van der Waals surface area contributed by atoms with Crippen LogP contribution in [0.15, 0.2) is 47.5 Å². The van der Waals surface area contributed by atoms with E-state index in [1.807, 2.05) is 6.92 Å². The quantitative estimate of drug-likeness (QED) is 0.241. The van der Waals surface area contributed by atoms with Crippen LogP contribution in [0.5, 0.6) is 5.75 Å². The average Bonchev–Trinajstić information content (AvgIpc) is 2.73. The highest BCUT2D eigenvalue weighted by atomic mass is 19.2. The molecule has 0 fully saturated rings. The van der Waals surface area contributed by atoms with Gasteiger partial charge >= 0.3 is 0 Å². The van der Waals surface area contributed by atoms with E-state index in [1.54, 1.807) is 43.3 Å². The van der Waals surface area contributed by atoms with E-state index in [1.165, 1.54) is 6.07 Å². The number of aryl methyl sites for hydroxylation is 2. The third kappa shape index (κ3) is 3.72. The molecule has 0 bridgehead atoms. The predicted octanol–water partition coefficient (Wildman–Crippen LogP) is 6.13. The minimum Gasteiger partial charge on any atom is -0.507 e. The first-order valence-corrected chi connectivity index (χ1v) is 8.74. The number of phenolic OH excluding ortho intramolecular Hbond substituents is 1. The van der Waals surface area contributed by atoms with Gasteiger partial charge in [-0.15, -0.1) is 0 Å². The summed E-state index contributed by atoms with van der Waals surface area (Å²) in [5, 5.41) is 10.6. The topological polar surface area (TPSA) is 32.6 Å². The van der Waals surface area contributed by atoms with Crippen molar-refractivity contribution in [3.05, 3.63) is 93.8 Å². The lowest BCUT2D eigenvalue weighted by Gasteiger charge is -2.14. The second-order valence-electron chi connectivity index (χ2n) is 6.42. The normalized spacial score (nSPS) is 11.8. The third-order valence-corrected chi connectivity index (χ3v) is 4.43. The van der Waals surface area contributed by atoms with Crippen molar-refractivity contribution in [1.29, 1.82) is 0 Å². The number of benzene rings is 3. The maximum absolute atomic E-state index is 14.2. The molecule has 0 aromatic heterocycles. The number of hydrogen-bond acceptors (Lipinski definition) is 2. The van der Waals surface area contributed by atoms with E-state index in [0.717, 1.165) is 5.56 Å². The summed E-state index contributed by atoms with van der Waals surface area (Å²) < 4.78 is 69.1. The van der Waals surface area contributed by atoms with Crippen molar-refractivity contribution in [3.8, 4) is 5.75 Å². The van der Waals surface area contributed by atoms with E-state index in [-0.39, 0.29) is 17.0 Å². The molecule has 0 aliphatic carbocycles. The summed E-state index contributed by atoms with van der Waals surface area (Å²) >= 11 is 0. The lowest BCUT2D eigenvalue weighted by molar-refractivity contribution is 0.381. The molecule has 2 nitrogen and oxygen atoms in total. The molecule has 3 aromatic carbocycles. The van der Waals surface area contributed by atoms with E-state index < -0.39 is 34.8 Å².